The zero-order chi connectivity index (χ0) is 13.0. The molecular formula is C12H26N2O2. The van der Waals surface area contributed by atoms with Crippen LogP contribution in [0.25, 0.3) is 0 Å². The molecule has 3 N–H and O–H groups in total. The van der Waals surface area contributed by atoms with Crippen molar-refractivity contribution in [3.8, 4) is 0 Å². The minimum absolute atomic E-state index is 0.0297. The van der Waals surface area contributed by atoms with Crippen LogP contribution < -0.4 is 5.73 Å². The highest BCUT2D eigenvalue weighted by Crippen LogP contribution is 2.23. The fraction of sp³-hybridized carbons (Fsp3) is 0.917. The van der Waals surface area contributed by atoms with Gasteiger partial charge >= 0.3 is 0 Å². The fourth-order valence-electron chi connectivity index (χ4n) is 1.56. The average molecular weight is 230 g/mol. The van der Waals surface area contributed by atoms with Crippen molar-refractivity contribution in [2.45, 2.75) is 46.6 Å². The zero-order valence-electron chi connectivity index (χ0n) is 11.2. The molecule has 96 valence electrons. The lowest BCUT2D eigenvalue weighted by molar-refractivity contribution is -0.143. The van der Waals surface area contributed by atoms with Gasteiger partial charge in [-0.2, -0.15) is 0 Å². The number of likely N-dealkylation sites (N-methyl/N-ethyl adjacent to an activating group) is 1. The molecule has 1 unspecified atom stereocenters. The van der Waals surface area contributed by atoms with Gasteiger partial charge in [-0.25, -0.2) is 0 Å². The molecule has 0 saturated heterocycles. The van der Waals surface area contributed by atoms with Crippen LogP contribution >= 0.6 is 0 Å². The third-order valence-corrected chi connectivity index (χ3v) is 2.99. The van der Waals surface area contributed by atoms with Crippen molar-refractivity contribution in [2.75, 3.05) is 19.6 Å². The van der Waals surface area contributed by atoms with Gasteiger partial charge in [0, 0.05) is 19.6 Å². The molecule has 0 bridgehead atoms. The van der Waals surface area contributed by atoms with Crippen LogP contribution in [0.2, 0.25) is 0 Å². The summed E-state index contributed by atoms with van der Waals surface area (Å²) in [6.07, 6.45) is 0.713. The molecule has 0 aromatic heterocycles. The minimum atomic E-state index is -0.866. The van der Waals surface area contributed by atoms with E-state index >= 15 is 0 Å². The predicted octanol–water partition coefficient (Wildman–Crippen LogP) is 0.981. The molecule has 1 atom stereocenters. The van der Waals surface area contributed by atoms with Crippen molar-refractivity contribution in [3.63, 3.8) is 0 Å². The van der Waals surface area contributed by atoms with Crippen LogP contribution in [0.4, 0.5) is 0 Å². The molecule has 0 rings (SSSR count). The van der Waals surface area contributed by atoms with Gasteiger partial charge in [0.05, 0.1) is 11.0 Å². The largest absolute Gasteiger partial charge is 0.389 e. The lowest BCUT2D eigenvalue weighted by atomic mass is 9.85. The van der Waals surface area contributed by atoms with Gasteiger partial charge in [-0.15, -0.1) is 0 Å². The quantitative estimate of drug-likeness (QED) is 0.715. The highest BCUT2D eigenvalue weighted by atomic mass is 16.3. The minimum Gasteiger partial charge on any atom is -0.389 e. The molecule has 0 aliphatic carbocycles. The van der Waals surface area contributed by atoms with E-state index in [1.165, 1.54) is 0 Å². The first-order chi connectivity index (χ1) is 7.20. The number of carbonyl (C=O) groups is 1. The normalized spacial score (nSPS) is 15.7. The first-order valence-corrected chi connectivity index (χ1v) is 5.92. The topological polar surface area (TPSA) is 66.6 Å². The number of nitrogens with zero attached hydrogens (tertiary/aromatic N) is 1. The predicted molar refractivity (Wildman–Crippen MR) is 66.0 cm³/mol. The number of nitrogens with two attached hydrogens (primary N) is 1. The second-order valence-corrected chi connectivity index (χ2v) is 5.25. The van der Waals surface area contributed by atoms with E-state index < -0.39 is 11.0 Å². The molecule has 0 spiro atoms. The Morgan fingerprint density at radius 1 is 1.31 bits per heavy atom. The fourth-order valence-corrected chi connectivity index (χ4v) is 1.56. The molecule has 4 heteroatoms. The number of hydrogen-bond acceptors (Lipinski definition) is 3. The molecule has 16 heavy (non-hydrogen) atoms. The third-order valence-electron chi connectivity index (χ3n) is 2.99. The average Bonchev–Trinajstić information content (AvgIpc) is 2.22. The number of carbonyl (C=O) groups excluding carboxylic acids is 1. The second-order valence-electron chi connectivity index (χ2n) is 5.25. The highest BCUT2D eigenvalue weighted by molar-refractivity contribution is 5.82. The van der Waals surface area contributed by atoms with Crippen molar-refractivity contribution in [3.05, 3.63) is 0 Å². The van der Waals surface area contributed by atoms with E-state index in [2.05, 4.69) is 0 Å². The van der Waals surface area contributed by atoms with Crippen molar-refractivity contribution in [1.29, 1.82) is 0 Å². The molecule has 0 aliphatic heterocycles. The lowest BCUT2D eigenvalue weighted by Crippen LogP contribution is -2.50. The van der Waals surface area contributed by atoms with Gasteiger partial charge < -0.3 is 15.7 Å². The van der Waals surface area contributed by atoms with Crippen molar-refractivity contribution in [1.82, 2.24) is 4.90 Å². The van der Waals surface area contributed by atoms with Crippen LogP contribution in [0.5, 0.6) is 0 Å². The summed E-state index contributed by atoms with van der Waals surface area (Å²) in [5.41, 5.74) is 4.29. The maximum absolute atomic E-state index is 12.3. The summed E-state index contributed by atoms with van der Waals surface area (Å²) in [6, 6.07) is 0. The number of aliphatic hydroxyl groups is 1. The summed E-state index contributed by atoms with van der Waals surface area (Å²) in [6.45, 7) is 10.4. The highest BCUT2D eigenvalue weighted by Gasteiger charge is 2.34. The smallest absolute Gasteiger partial charge is 0.229 e. The Hall–Kier alpha value is -0.610. The first-order valence-electron chi connectivity index (χ1n) is 5.92. The molecule has 0 radical (unpaired) electrons. The van der Waals surface area contributed by atoms with Gasteiger partial charge in [0.2, 0.25) is 5.91 Å². The summed E-state index contributed by atoms with van der Waals surface area (Å²) < 4.78 is 0. The molecule has 4 nitrogen and oxygen atoms in total. The van der Waals surface area contributed by atoms with Gasteiger partial charge in [-0.1, -0.05) is 6.92 Å². The van der Waals surface area contributed by atoms with E-state index in [-0.39, 0.29) is 5.91 Å². The summed E-state index contributed by atoms with van der Waals surface area (Å²) in [7, 11) is 0. The van der Waals surface area contributed by atoms with E-state index in [0.29, 0.717) is 26.1 Å². The Kier molecular flexibility index (Phi) is 5.42. The lowest BCUT2D eigenvalue weighted by Gasteiger charge is -2.35. The summed E-state index contributed by atoms with van der Waals surface area (Å²) in [4.78, 5) is 13.9. The van der Waals surface area contributed by atoms with E-state index in [4.69, 9.17) is 5.73 Å². The van der Waals surface area contributed by atoms with Crippen molar-refractivity contribution >= 4 is 5.91 Å². The molecule has 0 aromatic rings. The summed E-state index contributed by atoms with van der Waals surface area (Å²) >= 11 is 0. The Bertz CT molecular complexity index is 230. The Morgan fingerprint density at radius 2 is 1.81 bits per heavy atom. The van der Waals surface area contributed by atoms with E-state index in [1.54, 1.807) is 18.7 Å². The van der Waals surface area contributed by atoms with Crippen molar-refractivity contribution in [2.24, 2.45) is 11.1 Å². The second kappa shape index (κ2) is 5.64. The van der Waals surface area contributed by atoms with Crippen molar-refractivity contribution < 1.29 is 9.90 Å². The van der Waals surface area contributed by atoms with Gasteiger partial charge in [0.25, 0.3) is 0 Å². The number of hydrogen-bond donors (Lipinski definition) is 2. The van der Waals surface area contributed by atoms with E-state index in [1.807, 2.05) is 20.8 Å². The van der Waals surface area contributed by atoms with Gasteiger partial charge in [-0.05, 0) is 34.1 Å². The Morgan fingerprint density at radius 3 is 2.06 bits per heavy atom. The molecule has 0 saturated carbocycles. The van der Waals surface area contributed by atoms with Gasteiger partial charge in [-0.3, -0.25) is 4.79 Å². The first kappa shape index (κ1) is 15.4. The number of rotatable bonds is 6. The maximum Gasteiger partial charge on any atom is 0.229 e. The van der Waals surface area contributed by atoms with E-state index in [9.17, 15) is 9.90 Å². The zero-order valence-corrected chi connectivity index (χ0v) is 11.2. The SMILES string of the molecule is CCN(CC(C)(C)O)C(=O)C(C)(CC)CN. The molecule has 0 aromatic carbocycles. The van der Waals surface area contributed by atoms with Crippen LogP contribution in [0.1, 0.15) is 41.0 Å². The molecule has 0 heterocycles. The van der Waals surface area contributed by atoms with Gasteiger partial charge in [0.1, 0.15) is 0 Å². The number of amides is 1. The Labute approximate surface area is 98.8 Å². The standard InChI is InChI=1S/C12H26N2O2/c1-6-12(5,8-13)10(15)14(7-2)9-11(3,4)16/h16H,6-9,13H2,1-5H3. The molecule has 0 fully saturated rings. The van der Waals surface area contributed by atoms with Crippen LogP contribution in [0.3, 0.4) is 0 Å². The van der Waals surface area contributed by atoms with Crippen LogP contribution in [-0.2, 0) is 4.79 Å². The molecule has 1 amide bonds. The summed E-state index contributed by atoms with van der Waals surface area (Å²) in [5, 5.41) is 9.75. The molecular weight excluding hydrogens is 204 g/mol. The summed E-state index contributed by atoms with van der Waals surface area (Å²) in [5.74, 6) is 0.0297. The van der Waals surface area contributed by atoms with Crippen LogP contribution in [0, 0.1) is 5.41 Å². The van der Waals surface area contributed by atoms with E-state index in [0.717, 1.165) is 0 Å². The molecule has 0 aliphatic rings. The Balaban J connectivity index is 4.78. The van der Waals surface area contributed by atoms with Crippen LogP contribution in [0.15, 0.2) is 0 Å². The van der Waals surface area contributed by atoms with Gasteiger partial charge in [0.15, 0.2) is 0 Å². The monoisotopic (exact) mass is 230 g/mol. The van der Waals surface area contributed by atoms with Crippen LogP contribution in [-0.4, -0.2) is 41.1 Å². The third kappa shape index (κ3) is 4.10. The maximum atomic E-state index is 12.3.